The lowest BCUT2D eigenvalue weighted by molar-refractivity contribution is -0.130. The molecule has 1 aliphatic heterocycles. The summed E-state index contributed by atoms with van der Waals surface area (Å²) in [7, 11) is 0. The van der Waals surface area contributed by atoms with E-state index in [1.54, 1.807) is 6.92 Å². The summed E-state index contributed by atoms with van der Waals surface area (Å²) >= 11 is 0. The number of fused-ring (bicyclic) bond motifs is 1. The monoisotopic (exact) mass is 315 g/mol. The van der Waals surface area contributed by atoms with E-state index in [1.165, 1.54) is 11.3 Å². The Balaban J connectivity index is 1.48. The Kier molecular flexibility index (Phi) is 3.63. The van der Waals surface area contributed by atoms with Crippen LogP contribution >= 0.6 is 0 Å². The first kappa shape index (κ1) is 14.4. The Bertz CT molecular complexity index is 707. The van der Waals surface area contributed by atoms with Crippen molar-refractivity contribution in [1.29, 1.82) is 0 Å². The zero-order valence-electron chi connectivity index (χ0n) is 13.3. The second kappa shape index (κ2) is 5.79. The molecule has 4 rings (SSSR count). The second-order valence-electron chi connectivity index (χ2n) is 6.61. The van der Waals surface area contributed by atoms with Crippen LogP contribution in [0.1, 0.15) is 61.0 Å². The van der Waals surface area contributed by atoms with Crippen molar-refractivity contribution in [2.75, 3.05) is 13.1 Å². The number of nitrogens with zero attached hydrogens (tertiary/aromatic N) is 4. The number of nitrogens with one attached hydrogen (secondary N) is 1. The quantitative estimate of drug-likeness (QED) is 0.913. The fourth-order valence-corrected chi connectivity index (χ4v) is 3.68. The van der Waals surface area contributed by atoms with Gasteiger partial charge in [-0.2, -0.15) is 10.1 Å². The number of aromatic nitrogens is 4. The predicted octanol–water partition coefficient (Wildman–Crippen LogP) is 1.79. The van der Waals surface area contributed by atoms with Gasteiger partial charge in [0.05, 0.1) is 6.20 Å². The first-order chi connectivity index (χ1) is 11.2. The number of piperidine rings is 1. The molecule has 2 aromatic heterocycles. The third-order valence-corrected chi connectivity index (χ3v) is 5.06. The molecule has 122 valence electrons. The zero-order chi connectivity index (χ0) is 15.8. The molecule has 2 atom stereocenters. The summed E-state index contributed by atoms with van der Waals surface area (Å²) in [4.78, 5) is 18.1. The molecule has 7 heteroatoms. The largest absolute Gasteiger partial charge is 0.342 e. The van der Waals surface area contributed by atoms with Crippen molar-refractivity contribution in [3.63, 3.8) is 0 Å². The Morgan fingerprint density at radius 2 is 2.30 bits per heavy atom. The molecule has 23 heavy (non-hydrogen) atoms. The maximum absolute atomic E-state index is 11.6. The lowest BCUT2D eigenvalue weighted by Crippen LogP contribution is -2.37. The van der Waals surface area contributed by atoms with E-state index < -0.39 is 0 Å². The third-order valence-electron chi connectivity index (χ3n) is 5.06. The van der Waals surface area contributed by atoms with Crippen LogP contribution in [0, 0.1) is 0 Å². The molecule has 1 fully saturated rings. The average Bonchev–Trinajstić information content (AvgIpc) is 3.23. The van der Waals surface area contributed by atoms with Gasteiger partial charge in [-0.25, -0.2) is 0 Å². The summed E-state index contributed by atoms with van der Waals surface area (Å²) in [5.74, 6) is 2.07. The molecule has 0 saturated carbocycles. The number of amides is 1. The fourth-order valence-electron chi connectivity index (χ4n) is 3.68. The van der Waals surface area contributed by atoms with Crippen LogP contribution in [-0.2, 0) is 17.6 Å². The molecule has 1 N–H and O–H groups in total. The smallest absolute Gasteiger partial charge is 0.230 e. The molecule has 7 nitrogen and oxygen atoms in total. The molecular weight excluding hydrogens is 294 g/mol. The maximum Gasteiger partial charge on any atom is 0.230 e. The van der Waals surface area contributed by atoms with Crippen LogP contribution in [0.15, 0.2) is 10.7 Å². The molecule has 2 aromatic rings. The van der Waals surface area contributed by atoms with Gasteiger partial charge in [-0.3, -0.25) is 9.89 Å². The number of H-pyrrole nitrogens is 1. The standard InChI is InChI=1S/C16H21N5O2/c1-10(22)21-6-2-3-12(9-21)15-18-16(23-20-15)11-4-5-14-13(7-11)8-17-19-14/h8,11-12H,2-7,9H2,1H3,(H,17,19). The van der Waals surface area contributed by atoms with E-state index in [9.17, 15) is 4.79 Å². The van der Waals surface area contributed by atoms with E-state index >= 15 is 0 Å². The van der Waals surface area contributed by atoms with Crippen LogP contribution in [0.2, 0.25) is 0 Å². The molecule has 1 amide bonds. The van der Waals surface area contributed by atoms with Gasteiger partial charge in [-0.1, -0.05) is 5.16 Å². The van der Waals surface area contributed by atoms with Gasteiger partial charge in [-0.05, 0) is 37.7 Å². The van der Waals surface area contributed by atoms with Gasteiger partial charge in [0.1, 0.15) is 0 Å². The van der Waals surface area contributed by atoms with E-state index in [4.69, 9.17) is 4.52 Å². The highest BCUT2D eigenvalue weighted by Gasteiger charge is 2.30. The van der Waals surface area contributed by atoms with Crippen molar-refractivity contribution in [3.8, 4) is 0 Å². The second-order valence-corrected chi connectivity index (χ2v) is 6.61. The molecule has 2 aliphatic rings. The van der Waals surface area contributed by atoms with Crippen molar-refractivity contribution in [3.05, 3.63) is 29.2 Å². The summed E-state index contributed by atoms with van der Waals surface area (Å²) in [6.45, 7) is 3.15. The molecule has 0 aromatic carbocycles. The first-order valence-corrected chi connectivity index (χ1v) is 8.31. The maximum atomic E-state index is 11.6. The number of likely N-dealkylation sites (tertiary alicyclic amines) is 1. The van der Waals surface area contributed by atoms with Crippen LogP contribution in [0.25, 0.3) is 0 Å². The third kappa shape index (κ3) is 2.75. The minimum absolute atomic E-state index is 0.123. The summed E-state index contributed by atoms with van der Waals surface area (Å²) in [6, 6.07) is 0. The Labute approximate surface area is 134 Å². The van der Waals surface area contributed by atoms with Crippen molar-refractivity contribution in [1.82, 2.24) is 25.2 Å². The molecular formula is C16H21N5O2. The van der Waals surface area contributed by atoms with Crippen molar-refractivity contribution in [2.45, 2.75) is 50.9 Å². The van der Waals surface area contributed by atoms with Gasteiger partial charge in [0.25, 0.3) is 0 Å². The van der Waals surface area contributed by atoms with Crippen LogP contribution in [0.3, 0.4) is 0 Å². The van der Waals surface area contributed by atoms with Crippen LogP contribution in [-0.4, -0.2) is 44.2 Å². The molecule has 0 bridgehead atoms. The first-order valence-electron chi connectivity index (χ1n) is 8.31. The molecule has 1 saturated heterocycles. The summed E-state index contributed by atoms with van der Waals surface area (Å²) < 4.78 is 5.55. The Hall–Kier alpha value is -2.18. The summed E-state index contributed by atoms with van der Waals surface area (Å²) in [5, 5.41) is 11.4. The van der Waals surface area contributed by atoms with Gasteiger partial charge < -0.3 is 9.42 Å². The van der Waals surface area contributed by atoms with Crippen molar-refractivity contribution < 1.29 is 9.32 Å². The zero-order valence-corrected chi connectivity index (χ0v) is 13.3. The topological polar surface area (TPSA) is 87.9 Å². The highest BCUT2D eigenvalue weighted by Crippen LogP contribution is 2.32. The highest BCUT2D eigenvalue weighted by atomic mass is 16.5. The van der Waals surface area contributed by atoms with Crippen molar-refractivity contribution in [2.24, 2.45) is 0 Å². The van der Waals surface area contributed by atoms with E-state index in [0.717, 1.165) is 50.4 Å². The molecule has 0 radical (unpaired) electrons. The van der Waals surface area contributed by atoms with E-state index in [1.807, 2.05) is 11.1 Å². The Morgan fingerprint density at radius 1 is 1.39 bits per heavy atom. The molecule has 2 unspecified atom stereocenters. The van der Waals surface area contributed by atoms with Gasteiger partial charge >= 0.3 is 0 Å². The normalized spacial score (nSPS) is 24.5. The lowest BCUT2D eigenvalue weighted by Gasteiger charge is -2.30. The van der Waals surface area contributed by atoms with E-state index in [0.29, 0.717) is 6.54 Å². The number of carbonyl (C=O) groups is 1. The SMILES string of the molecule is CC(=O)N1CCCC(c2noc(C3CCc4[nH]ncc4C3)n2)C1. The summed E-state index contributed by atoms with van der Waals surface area (Å²) in [5.41, 5.74) is 2.48. The molecule has 3 heterocycles. The minimum atomic E-state index is 0.123. The van der Waals surface area contributed by atoms with E-state index in [-0.39, 0.29) is 17.7 Å². The number of hydrogen-bond acceptors (Lipinski definition) is 5. The number of aromatic amines is 1. The van der Waals surface area contributed by atoms with Gasteiger partial charge in [-0.15, -0.1) is 0 Å². The summed E-state index contributed by atoms with van der Waals surface area (Å²) in [6.07, 6.45) is 6.78. The number of carbonyl (C=O) groups excluding carboxylic acids is 1. The molecule has 1 aliphatic carbocycles. The number of rotatable bonds is 2. The number of aryl methyl sites for hydroxylation is 1. The average molecular weight is 315 g/mol. The predicted molar refractivity (Wildman–Crippen MR) is 81.9 cm³/mol. The van der Waals surface area contributed by atoms with E-state index in [2.05, 4.69) is 20.3 Å². The van der Waals surface area contributed by atoms with Gasteiger partial charge in [0.2, 0.25) is 11.8 Å². The highest BCUT2D eigenvalue weighted by molar-refractivity contribution is 5.73. The van der Waals surface area contributed by atoms with Crippen LogP contribution in [0.5, 0.6) is 0 Å². The van der Waals surface area contributed by atoms with Gasteiger partial charge in [0.15, 0.2) is 5.82 Å². The number of hydrogen-bond donors (Lipinski definition) is 1. The van der Waals surface area contributed by atoms with Crippen LogP contribution < -0.4 is 0 Å². The minimum Gasteiger partial charge on any atom is -0.342 e. The molecule has 0 spiro atoms. The Morgan fingerprint density at radius 3 is 3.17 bits per heavy atom. The van der Waals surface area contributed by atoms with Gasteiger partial charge in [0, 0.05) is 37.5 Å². The fraction of sp³-hybridized carbons (Fsp3) is 0.625. The lowest BCUT2D eigenvalue weighted by atomic mass is 9.88. The van der Waals surface area contributed by atoms with Crippen molar-refractivity contribution >= 4 is 5.91 Å². The van der Waals surface area contributed by atoms with Crippen LogP contribution in [0.4, 0.5) is 0 Å².